The zero-order valence-electron chi connectivity index (χ0n) is 15.8. The topological polar surface area (TPSA) is 99.0 Å². The Balaban J connectivity index is 2.89. The molecule has 1 heterocycles. The first kappa shape index (κ1) is 21.6. The van der Waals surface area contributed by atoms with Gasteiger partial charge in [-0.1, -0.05) is 17.4 Å². The second kappa shape index (κ2) is 8.31. The third-order valence-electron chi connectivity index (χ3n) is 2.59. The highest BCUT2D eigenvalue weighted by Gasteiger charge is 2.30. The van der Waals surface area contributed by atoms with Crippen LogP contribution in [0.1, 0.15) is 46.4 Å². The van der Waals surface area contributed by atoms with Gasteiger partial charge in [-0.25, -0.2) is 14.5 Å². The molecule has 0 aromatic carbocycles. The van der Waals surface area contributed by atoms with E-state index in [1.54, 1.807) is 59.8 Å². The van der Waals surface area contributed by atoms with E-state index in [-0.39, 0.29) is 11.5 Å². The smallest absolute Gasteiger partial charge is 0.420 e. The summed E-state index contributed by atoms with van der Waals surface area (Å²) in [5, 5.41) is 10.7. The molecule has 0 bridgehead atoms. The average Bonchev–Trinajstić information content (AvgIpc) is 2.88. The fourth-order valence-corrected chi connectivity index (χ4v) is 2.41. The van der Waals surface area contributed by atoms with Gasteiger partial charge in [0.2, 0.25) is 0 Å². The number of hydrogen-bond donors (Lipinski definition) is 0. The van der Waals surface area contributed by atoms with Crippen molar-refractivity contribution in [3.8, 4) is 0 Å². The van der Waals surface area contributed by atoms with Gasteiger partial charge in [-0.05, 0) is 53.7 Å². The third kappa shape index (κ3) is 7.64. The lowest BCUT2D eigenvalue weighted by atomic mass is 10.2. The van der Waals surface area contributed by atoms with Crippen LogP contribution in [0.5, 0.6) is 0 Å². The molecule has 9 heteroatoms. The van der Waals surface area contributed by atoms with Crippen LogP contribution in [-0.2, 0) is 9.47 Å². The van der Waals surface area contributed by atoms with Crippen LogP contribution in [0.3, 0.4) is 0 Å². The Morgan fingerprint density at radius 2 is 1.62 bits per heavy atom. The molecule has 0 N–H and O–H groups in total. The quantitative estimate of drug-likeness (QED) is 0.544. The van der Waals surface area contributed by atoms with E-state index < -0.39 is 28.3 Å². The van der Waals surface area contributed by atoms with E-state index in [2.05, 4.69) is 0 Å². The van der Waals surface area contributed by atoms with E-state index in [1.807, 2.05) is 0 Å². The number of hydrogen-bond acceptors (Lipinski definition) is 7. The number of rotatable bonds is 4. The van der Waals surface area contributed by atoms with Gasteiger partial charge in [-0.3, -0.25) is 10.1 Å². The van der Waals surface area contributed by atoms with Crippen molar-refractivity contribution in [1.29, 1.82) is 0 Å². The van der Waals surface area contributed by atoms with Crippen molar-refractivity contribution in [3.63, 3.8) is 0 Å². The van der Waals surface area contributed by atoms with Gasteiger partial charge in [-0.2, -0.15) is 0 Å². The average molecular weight is 384 g/mol. The molecule has 8 nitrogen and oxygen atoms in total. The van der Waals surface area contributed by atoms with Gasteiger partial charge in [0, 0.05) is 10.9 Å². The van der Waals surface area contributed by atoms with Crippen LogP contribution in [0, 0.1) is 10.1 Å². The van der Waals surface area contributed by atoms with E-state index in [0.29, 0.717) is 4.88 Å². The lowest BCUT2D eigenvalue weighted by molar-refractivity contribution is -0.380. The molecule has 0 spiro atoms. The van der Waals surface area contributed by atoms with E-state index in [0.717, 1.165) is 16.2 Å². The summed E-state index contributed by atoms with van der Waals surface area (Å²) < 4.78 is 10.5. The van der Waals surface area contributed by atoms with Crippen LogP contribution in [-0.4, -0.2) is 39.8 Å². The number of nitrogens with zero attached hydrogens (tertiary/aromatic N) is 2. The second-order valence-electron chi connectivity index (χ2n) is 7.41. The molecular formula is C17H24N2O6S. The molecule has 0 unspecified atom stereocenters. The number of carbonyl (C=O) groups excluding carboxylic acids is 2. The fourth-order valence-electron chi connectivity index (χ4n) is 1.66. The van der Waals surface area contributed by atoms with E-state index in [1.165, 1.54) is 6.07 Å². The third-order valence-corrected chi connectivity index (χ3v) is 3.59. The second-order valence-corrected chi connectivity index (χ2v) is 8.50. The summed E-state index contributed by atoms with van der Waals surface area (Å²) in [6.45, 7) is 10.1. The molecule has 0 radical (unpaired) electrons. The summed E-state index contributed by atoms with van der Waals surface area (Å²) in [5.41, 5.74) is -1.54. The van der Waals surface area contributed by atoms with E-state index in [9.17, 15) is 19.7 Å². The molecule has 0 saturated carbocycles. The number of amides is 2. The fraction of sp³-hybridized carbons (Fsp3) is 0.529. The van der Waals surface area contributed by atoms with Gasteiger partial charge in [0.15, 0.2) is 0 Å². The largest absolute Gasteiger partial charge is 0.443 e. The summed E-state index contributed by atoms with van der Waals surface area (Å²) >= 11 is 0.993. The zero-order chi connectivity index (χ0) is 20.1. The number of carbonyl (C=O) groups is 2. The molecule has 0 aliphatic heterocycles. The Morgan fingerprint density at radius 1 is 1.12 bits per heavy atom. The molecule has 144 valence electrons. The molecule has 0 atom stereocenters. The molecule has 0 fully saturated rings. The monoisotopic (exact) mass is 384 g/mol. The Bertz CT molecular complexity index is 669. The Kier molecular flexibility index (Phi) is 6.91. The highest BCUT2D eigenvalue weighted by atomic mass is 32.1. The Hall–Kier alpha value is -2.42. The number of thiophene rings is 1. The molecule has 26 heavy (non-hydrogen) atoms. The van der Waals surface area contributed by atoms with Gasteiger partial charge >= 0.3 is 17.2 Å². The molecule has 1 aromatic heterocycles. The number of imide groups is 1. The first-order valence-electron chi connectivity index (χ1n) is 7.93. The van der Waals surface area contributed by atoms with Gasteiger partial charge in [-0.15, -0.1) is 0 Å². The minimum absolute atomic E-state index is 0.0146. The van der Waals surface area contributed by atoms with Gasteiger partial charge in [0.1, 0.15) is 11.2 Å². The summed E-state index contributed by atoms with van der Waals surface area (Å²) in [4.78, 5) is 36.3. The summed E-state index contributed by atoms with van der Waals surface area (Å²) in [5.74, 6) is 0. The maximum Gasteiger partial charge on any atom is 0.420 e. The van der Waals surface area contributed by atoms with Crippen LogP contribution >= 0.6 is 11.3 Å². The molecule has 1 rings (SSSR count). The maximum absolute atomic E-state index is 12.3. The van der Waals surface area contributed by atoms with Gasteiger partial charge in [0.05, 0.1) is 11.5 Å². The molecule has 1 aromatic rings. The highest BCUT2D eigenvalue weighted by molar-refractivity contribution is 7.16. The lowest BCUT2D eigenvalue weighted by Crippen LogP contribution is -2.43. The lowest BCUT2D eigenvalue weighted by Gasteiger charge is -2.28. The SMILES string of the molecule is CC(C)(C)OC(=O)N(C/C=C/c1ccc([N+](=O)[O-])s1)C(=O)OC(C)(C)C. The Morgan fingerprint density at radius 3 is 2.00 bits per heavy atom. The number of nitro groups is 1. The minimum Gasteiger partial charge on any atom is -0.443 e. The molecule has 2 amide bonds. The first-order chi connectivity index (χ1) is 11.8. The van der Waals surface area contributed by atoms with Crippen LogP contribution in [0.4, 0.5) is 14.6 Å². The van der Waals surface area contributed by atoms with E-state index in [4.69, 9.17) is 9.47 Å². The van der Waals surface area contributed by atoms with Crippen molar-refractivity contribution in [3.05, 3.63) is 33.2 Å². The maximum atomic E-state index is 12.3. The van der Waals surface area contributed by atoms with Gasteiger partial charge < -0.3 is 9.47 Å². The van der Waals surface area contributed by atoms with Crippen molar-refractivity contribution < 1.29 is 24.0 Å². The van der Waals surface area contributed by atoms with Crippen LogP contribution in [0.25, 0.3) is 6.08 Å². The van der Waals surface area contributed by atoms with Crippen LogP contribution in [0.2, 0.25) is 0 Å². The predicted molar refractivity (Wildman–Crippen MR) is 99.2 cm³/mol. The van der Waals surface area contributed by atoms with Crippen molar-refractivity contribution in [2.45, 2.75) is 52.7 Å². The predicted octanol–water partition coefficient (Wildman–Crippen LogP) is 4.84. The standard InChI is InChI=1S/C17H24N2O6S/c1-16(2,3)24-14(20)18(15(21)25-17(4,5)6)11-7-8-12-9-10-13(26-12)19(22)23/h7-10H,11H2,1-6H3/b8-7+. The first-order valence-corrected chi connectivity index (χ1v) is 8.74. The molecule has 0 aliphatic carbocycles. The highest BCUT2D eigenvalue weighted by Crippen LogP contribution is 2.25. The number of ether oxygens (including phenoxy) is 2. The van der Waals surface area contributed by atoms with E-state index >= 15 is 0 Å². The molecular weight excluding hydrogens is 360 g/mol. The minimum atomic E-state index is -0.825. The van der Waals surface area contributed by atoms with Crippen molar-refractivity contribution in [2.75, 3.05) is 6.54 Å². The van der Waals surface area contributed by atoms with Crippen LogP contribution in [0.15, 0.2) is 18.2 Å². The molecule has 0 saturated heterocycles. The van der Waals surface area contributed by atoms with Gasteiger partial charge in [0.25, 0.3) is 0 Å². The van der Waals surface area contributed by atoms with Crippen LogP contribution < -0.4 is 0 Å². The van der Waals surface area contributed by atoms with Crippen molar-refractivity contribution >= 4 is 34.6 Å². The summed E-state index contributed by atoms with van der Waals surface area (Å²) in [7, 11) is 0. The zero-order valence-corrected chi connectivity index (χ0v) is 16.6. The molecule has 0 aliphatic rings. The van der Waals surface area contributed by atoms with Crippen molar-refractivity contribution in [1.82, 2.24) is 4.90 Å². The normalized spacial score (nSPS) is 12.1. The Labute approximate surface area is 156 Å². The summed E-state index contributed by atoms with van der Waals surface area (Å²) in [6, 6.07) is 2.98. The summed E-state index contributed by atoms with van der Waals surface area (Å²) in [6.07, 6.45) is 1.49. The van der Waals surface area contributed by atoms with Crippen molar-refractivity contribution in [2.24, 2.45) is 0 Å².